The van der Waals surface area contributed by atoms with Gasteiger partial charge in [0.25, 0.3) is 0 Å². The van der Waals surface area contributed by atoms with Gasteiger partial charge in [-0.2, -0.15) is 0 Å². The smallest absolute Gasteiger partial charge is 0.00886 e. The standard InChI is InChI=1S/C8H12.H3N/c1-2-4-6-8-7-5-3-1;/h1-6H2;1H3. The molecule has 0 bridgehead atoms. The van der Waals surface area contributed by atoms with Crippen molar-refractivity contribution in [1.82, 2.24) is 6.15 Å². The van der Waals surface area contributed by atoms with E-state index in [1.807, 2.05) is 0 Å². The Labute approximate surface area is 57.4 Å². The number of hydrogen-bond donors (Lipinski definition) is 1. The minimum atomic E-state index is 0. The highest BCUT2D eigenvalue weighted by atomic mass is 14.0. The van der Waals surface area contributed by atoms with Crippen LogP contribution in [0.1, 0.15) is 38.5 Å². The van der Waals surface area contributed by atoms with E-state index in [0.29, 0.717) is 0 Å². The molecule has 1 rings (SSSR count). The summed E-state index contributed by atoms with van der Waals surface area (Å²) >= 11 is 0. The van der Waals surface area contributed by atoms with Gasteiger partial charge in [-0.25, -0.2) is 0 Å². The van der Waals surface area contributed by atoms with Gasteiger partial charge in [-0.15, -0.1) is 11.8 Å². The van der Waals surface area contributed by atoms with Crippen molar-refractivity contribution in [3.8, 4) is 11.8 Å². The van der Waals surface area contributed by atoms with E-state index in [1.54, 1.807) is 0 Å². The normalized spacial score (nSPS) is 17.8. The Morgan fingerprint density at radius 1 is 0.667 bits per heavy atom. The van der Waals surface area contributed by atoms with Gasteiger partial charge in [0.05, 0.1) is 0 Å². The molecule has 0 aromatic rings. The summed E-state index contributed by atoms with van der Waals surface area (Å²) in [7, 11) is 0. The summed E-state index contributed by atoms with van der Waals surface area (Å²) in [5, 5.41) is 0. The first-order valence-corrected chi connectivity index (χ1v) is 3.46. The van der Waals surface area contributed by atoms with E-state index in [1.165, 1.54) is 25.7 Å². The topological polar surface area (TPSA) is 35.0 Å². The van der Waals surface area contributed by atoms with Crippen LogP contribution in [0.15, 0.2) is 0 Å². The van der Waals surface area contributed by atoms with Crippen LogP contribution in [0.5, 0.6) is 0 Å². The summed E-state index contributed by atoms with van der Waals surface area (Å²) < 4.78 is 0. The van der Waals surface area contributed by atoms with Crippen LogP contribution in [-0.4, -0.2) is 0 Å². The van der Waals surface area contributed by atoms with Gasteiger partial charge in [-0.05, 0) is 12.8 Å². The molecule has 0 radical (unpaired) electrons. The van der Waals surface area contributed by atoms with Crippen LogP contribution in [-0.2, 0) is 0 Å². The van der Waals surface area contributed by atoms with Crippen molar-refractivity contribution in [2.45, 2.75) is 38.5 Å². The predicted octanol–water partition coefficient (Wildman–Crippen LogP) is 2.51. The van der Waals surface area contributed by atoms with Crippen molar-refractivity contribution in [1.29, 1.82) is 0 Å². The van der Waals surface area contributed by atoms with Crippen molar-refractivity contribution < 1.29 is 0 Å². The first kappa shape index (κ1) is 8.52. The summed E-state index contributed by atoms with van der Waals surface area (Å²) in [6.07, 6.45) is 7.73. The fraction of sp³-hybridized carbons (Fsp3) is 0.750. The van der Waals surface area contributed by atoms with E-state index in [4.69, 9.17) is 0 Å². The van der Waals surface area contributed by atoms with Gasteiger partial charge < -0.3 is 6.15 Å². The number of hydrogen-bond acceptors (Lipinski definition) is 1. The lowest BCUT2D eigenvalue weighted by atomic mass is 10.1. The Morgan fingerprint density at radius 3 is 1.56 bits per heavy atom. The van der Waals surface area contributed by atoms with Crippen molar-refractivity contribution >= 4 is 0 Å². The van der Waals surface area contributed by atoms with Crippen LogP contribution in [0, 0.1) is 11.8 Å². The van der Waals surface area contributed by atoms with E-state index in [-0.39, 0.29) is 6.15 Å². The Hall–Kier alpha value is -0.480. The third kappa shape index (κ3) is 4.05. The quantitative estimate of drug-likeness (QED) is 0.496. The van der Waals surface area contributed by atoms with Crippen molar-refractivity contribution in [2.24, 2.45) is 0 Å². The van der Waals surface area contributed by atoms with Gasteiger partial charge in [0, 0.05) is 12.8 Å². The summed E-state index contributed by atoms with van der Waals surface area (Å²) in [5.41, 5.74) is 0. The Kier molecular flexibility index (Phi) is 5.35. The fourth-order valence-corrected chi connectivity index (χ4v) is 0.957. The minimum absolute atomic E-state index is 0. The molecule has 0 atom stereocenters. The molecule has 0 aliphatic heterocycles. The van der Waals surface area contributed by atoms with E-state index in [2.05, 4.69) is 11.8 Å². The second-order valence-corrected chi connectivity index (χ2v) is 2.27. The van der Waals surface area contributed by atoms with Crippen molar-refractivity contribution in [2.75, 3.05) is 0 Å². The van der Waals surface area contributed by atoms with E-state index in [9.17, 15) is 0 Å². The molecule has 1 nitrogen and oxygen atoms in total. The fourth-order valence-electron chi connectivity index (χ4n) is 0.957. The molecular weight excluding hydrogens is 110 g/mol. The Balaban J connectivity index is 0.000000640. The molecular formula is C8H15N. The van der Waals surface area contributed by atoms with Gasteiger partial charge >= 0.3 is 0 Å². The Morgan fingerprint density at radius 2 is 1.11 bits per heavy atom. The monoisotopic (exact) mass is 125 g/mol. The average Bonchev–Trinajstić information content (AvgIpc) is 1.62. The molecule has 0 heterocycles. The first-order valence-electron chi connectivity index (χ1n) is 3.46. The van der Waals surface area contributed by atoms with Gasteiger partial charge in [-0.3, -0.25) is 0 Å². The zero-order chi connectivity index (χ0) is 5.66. The van der Waals surface area contributed by atoms with Gasteiger partial charge in [0.1, 0.15) is 0 Å². The van der Waals surface area contributed by atoms with Crippen LogP contribution >= 0.6 is 0 Å². The predicted molar refractivity (Wildman–Crippen MR) is 40.5 cm³/mol. The summed E-state index contributed by atoms with van der Waals surface area (Å²) in [4.78, 5) is 0. The highest BCUT2D eigenvalue weighted by Gasteiger charge is 1.89. The second kappa shape index (κ2) is 5.65. The molecule has 3 N–H and O–H groups in total. The summed E-state index contributed by atoms with van der Waals surface area (Å²) in [6.45, 7) is 0. The van der Waals surface area contributed by atoms with Crippen LogP contribution in [0.25, 0.3) is 0 Å². The molecule has 0 fully saturated rings. The Bertz CT molecular complexity index is 95.5. The highest BCUT2D eigenvalue weighted by molar-refractivity contribution is 4.99. The highest BCUT2D eigenvalue weighted by Crippen LogP contribution is 2.06. The van der Waals surface area contributed by atoms with Gasteiger partial charge in [-0.1, -0.05) is 12.8 Å². The van der Waals surface area contributed by atoms with Crippen LogP contribution in [0.4, 0.5) is 0 Å². The summed E-state index contributed by atoms with van der Waals surface area (Å²) in [5.74, 6) is 6.27. The first-order chi connectivity index (χ1) is 4.00. The lowest BCUT2D eigenvalue weighted by Crippen LogP contribution is -1.80. The molecule has 0 amide bonds. The van der Waals surface area contributed by atoms with E-state index < -0.39 is 0 Å². The largest absolute Gasteiger partial charge is 0.344 e. The van der Waals surface area contributed by atoms with Crippen LogP contribution in [0.2, 0.25) is 0 Å². The second-order valence-electron chi connectivity index (χ2n) is 2.27. The molecule has 0 aromatic heterocycles. The van der Waals surface area contributed by atoms with Crippen molar-refractivity contribution in [3.05, 3.63) is 0 Å². The van der Waals surface area contributed by atoms with Crippen LogP contribution < -0.4 is 6.15 Å². The molecule has 1 aliphatic rings. The SMILES string of the molecule is C1#CCCCCCC1.N. The maximum Gasteiger partial charge on any atom is 0.00886 e. The zero-order valence-corrected chi connectivity index (χ0v) is 5.95. The molecule has 52 valence electrons. The molecule has 0 spiro atoms. The minimum Gasteiger partial charge on any atom is -0.344 e. The summed E-state index contributed by atoms with van der Waals surface area (Å²) in [6, 6.07) is 0. The molecule has 0 unspecified atom stereocenters. The molecule has 0 saturated heterocycles. The van der Waals surface area contributed by atoms with E-state index >= 15 is 0 Å². The number of rotatable bonds is 0. The molecule has 1 heteroatoms. The molecule has 0 aromatic carbocycles. The van der Waals surface area contributed by atoms with Crippen molar-refractivity contribution in [3.63, 3.8) is 0 Å². The molecule has 0 saturated carbocycles. The maximum absolute atomic E-state index is 3.14. The lowest BCUT2D eigenvalue weighted by Gasteiger charge is -1.97. The lowest BCUT2D eigenvalue weighted by molar-refractivity contribution is 0.652. The third-order valence-electron chi connectivity index (χ3n) is 1.48. The van der Waals surface area contributed by atoms with Gasteiger partial charge in [0.15, 0.2) is 0 Å². The van der Waals surface area contributed by atoms with Crippen LogP contribution in [0.3, 0.4) is 0 Å². The molecule has 9 heavy (non-hydrogen) atoms. The third-order valence-corrected chi connectivity index (χ3v) is 1.48. The zero-order valence-electron chi connectivity index (χ0n) is 5.95. The average molecular weight is 125 g/mol. The molecule has 1 aliphatic carbocycles. The van der Waals surface area contributed by atoms with Gasteiger partial charge in [0.2, 0.25) is 0 Å². The maximum atomic E-state index is 3.14. The van der Waals surface area contributed by atoms with E-state index in [0.717, 1.165) is 12.8 Å².